The van der Waals surface area contributed by atoms with Gasteiger partial charge >= 0.3 is 0 Å². The van der Waals surface area contributed by atoms with Gasteiger partial charge in [0.25, 0.3) is 0 Å². The van der Waals surface area contributed by atoms with Crippen molar-refractivity contribution in [3.05, 3.63) is 35.9 Å². The number of nitrogens with two attached hydrogens (primary N) is 1. The summed E-state index contributed by atoms with van der Waals surface area (Å²) >= 11 is 0. The first-order chi connectivity index (χ1) is 4.43. The van der Waals surface area contributed by atoms with Crippen molar-refractivity contribution < 1.29 is 0 Å². The summed E-state index contributed by atoms with van der Waals surface area (Å²) in [4.78, 5) is 0. The first-order valence-electron chi connectivity index (χ1n) is 3.17. The predicted molar refractivity (Wildman–Crippen MR) is 53.7 cm³/mol. The Morgan fingerprint density at radius 2 is 1.55 bits per heavy atom. The Kier molecular flexibility index (Phi) is 9.55. The largest absolute Gasteiger partial charge is 0.330 e. The molecule has 11 heavy (non-hydrogen) atoms. The molecular formula is C8H13Cl2N. The highest BCUT2D eigenvalue weighted by molar-refractivity contribution is 5.85. The molecule has 0 aliphatic rings. The average molecular weight is 194 g/mol. The van der Waals surface area contributed by atoms with Crippen LogP contribution in [0.1, 0.15) is 5.56 Å². The molecule has 2 N–H and O–H groups in total. The monoisotopic (exact) mass is 193 g/mol. The predicted octanol–water partition coefficient (Wildman–Crippen LogP) is 2.03. The van der Waals surface area contributed by atoms with E-state index in [-0.39, 0.29) is 24.8 Å². The lowest BCUT2D eigenvalue weighted by Gasteiger charge is -1.93. The van der Waals surface area contributed by atoms with Crippen LogP contribution in [0.3, 0.4) is 0 Å². The van der Waals surface area contributed by atoms with Crippen LogP contribution in [0.5, 0.6) is 0 Å². The Bertz CT molecular complexity index is 165. The third kappa shape index (κ3) is 5.08. The number of benzene rings is 1. The molecule has 0 spiro atoms. The molecule has 0 saturated heterocycles. The van der Waals surface area contributed by atoms with Crippen LogP contribution in [-0.2, 0) is 6.42 Å². The molecule has 3 heteroatoms. The van der Waals surface area contributed by atoms with Crippen LogP contribution >= 0.6 is 24.8 Å². The van der Waals surface area contributed by atoms with Crippen molar-refractivity contribution in [2.75, 3.05) is 6.54 Å². The molecule has 0 unspecified atom stereocenters. The standard InChI is InChI=1S/C8H11N.2ClH/c9-7-6-8-4-2-1-3-5-8;;/h1-5H,6-7,9H2;2*1H. The minimum Gasteiger partial charge on any atom is -0.330 e. The van der Waals surface area contributed by atoms with Crippen molar-refractivity contribution >= 4 is 24.8 Å². The zero-order chi connectivity index (χ0) is 6.53. The van der Waals surface area contributed by atoms with Gasteiger partial charge < -0.3 is 5.73 Å². The molecule has 0 amide bonds. The lowest BCUT2D eigenvalue weighted by atomic mass is 10.2. The highest BCUT2D eigenvalue weighted by Gasteiger charge is 1.84. The molecule has 0 heterocycles. The van der Waals surface area contributed by atoms with E-state index in [2.05, 4.69) is 12.1 Å². The summed E-state index contributed by atoms with van der Waals surface area (Å²) in [6.45, 7) is 0.740. The summed E-state index contributed by atoms with van der Waals surface area (Å²) in [5.74, 6) is 0. The Balaban J connectivity index is 0. The third-order valence-corrected chi connectivity index (χ3v) is 1.28. The molecule has 1 rings (SSSR count). The van der Waals surface area contributed by atoms with E-state index in [1.807, 2.05) is 18.2 Å². The molecule has 64 valence electrons. The molecule has 0 atom stereocenters. The topological polar surface area (TPSA) is 26.0 Å². The summed E-state index contributed by atoms with van der Waals surface area (Å²) in [5.41, 5.74) is 6.68. The summed E-state index contributed by atoms with van der Waals surface area (Å²) < 4.78 is 0. The van der Waals surface area contributed by atoms with E-state index in [0.717, 1.165) is 13.0 Å². The second-order valence-electron chi connectivity index (χ2n) is 2.02. The van der Waals surface area contributed by atoms with Gasteiger partial charge in [0.2, 0.25) is 0 Å². The molecule has 0 aromatic heterocycles. The van der Waals surface area contributed by atoms with E-state index in [9.17, 15) is 0 Å². The van der Waals surface area contributed by atoms with Gasteiger partial charge in [-0.2, -0.15) is 0 Å². The van der Waals surface area contributed by atoms with Crippen LogP contribution < -0.4 is 5.73 Å². The lowest BCUT2D eigenvalue weighted by Crippen LogP contribution is -2.01. The minimum absolute atomic E-state index is 0. The van der Waals surface area contributed by atoms with Gasteiger partial charge in [0.15, 0.2) is 0 Å². The Labute approximate surface area is 79.8 Å². The maximum atomic E-state index is 5.36. The van der Waals surface area contributed by atoms with E-state index < -0.39 is 0 Å². The van der Waals surface area contributed by atoms with Gasteiger partial charge in [0, 0.05) is 0 Å². The van der Waals surface area contributed by atoms with Gasteiger partial charge in [-0.05, 0) is 18.5 Å². The van der Waals surface area contributed by atoms with Gasteiger partial charge in [-0.25, -0.2) is 0 Å². The van der Waals surface area contributed by atoms with Crippen LogP contribution in [0.15, 0.2) is 30.3 Å². The summed E-state index contributed by atoms with van der Waals surface area (Å²) in [6, 6.07) is 10.3. The van der Waals surface area contributed by atoms with Crippen molar-refractivity contribution in [1.82, 2.24) is 0 Å². The van der Waals surface area contributed by atoms with Crippen LogP contribution in [0.25, 0.3) is 0 Å². The fraction of sp³-hybridized carbons (Fsp3) is 0.250. The molecule has 0 aliphatic carbocycles. The Morgan fingerprint density at radius 3 is 2.00 bits per heavy atom. The van der Waals surface area contributed by atoms with E-state index in [4.69, 9.17) is 5.73 Å². The number of rotatable bonds is 2. The molecule has 0 fully saturated rings. The molecule has 1 aromatic rings. The Morgan fingerprint density at radius 1 is 1.00 bits per heavy atom. The van der Waals surface area contributed by atoms with Crippen molar-refractivity contribution in [3.8, 4) is 0 Å². The van der Waals surface area contributed by atoms with Crippen molar-refractivity contribution in [2.45, 2.75) is 6.42 Å². The molecule has 0 saturated carbocycles. The second-order valence-corrected chi connectivity index (χ2v) is 2.02. The molecule has 0 aliphatic heterocycles. The molecule has 1 nitrogen and oxygen atoms in total. The lowest BCUT2D eigenvalue weighted by molar-refractivity contribution is 0.969. The van der Waals surface area contributed by atoms with Gasteiger partial charge in [0.05, 0.1) is 0 Å². The van der Waals surface area contributed by atoms with Gasteiger partial charge in [0.1, 0.15) is 0 Å². The summed E-state index contributed by atoms with van der Waals surface area (Å²) in [5, 5.41) is 0. The van der Waals surface area contributed by atoms with Gasteiger partial charge in [-0.1, -0.05) is 30.3 Å². The Hall–Kier alpha value is -0.240. The normalized spacial score (nSPS) is 7.73. The van der Waals surface area contributed by atoms with E-state index in [1.165, 1.54) is 5.56 Å². The molecule has 0 bridgehead atoms. The first-order valence-corrected chi connectivity index (χ1v) is 3.17. The van der Waals surface area contributed by atoms with Crippen molar-refractivity contribution in [2.24, 2.45) is 5.73 Å². The quantitative estimate of drug-likeness (QED) is 0.765. The van der Waals surface area contributed by atoms with Crippen LogP contribution in [-0.4, -0.2) is 6.54 Å². The number of hydrogen-bond donors (Lipinski definition) is 1. The van der Waals surface area contributed by atoms with E-state index in [1.54, 1.807) is 0 Å². The van der Waals surface area contributed by atoms with E-state index >= 15 is 0 Å². The molecule has 1 aromatic carbocycles. The summed E-state index contributed by atoms with van der Waals surface area (Å²) in [7, 11) is 0. The highest BCUT2D eigenvalue weighted by Crippen LogP contribution is 1.96. The van der Waals surface area contributed by atoms with Crippen molar-refractivity contribution in [1.29, 1.82) is 0 Å². The minimum atomic E-state index is 0. The first kappa shape index (κ1) is 13.4. The smallest absolute Gasteiger partial charge is 0.00367 e. The zero-order valence-electron chi connectivity index (χ0n) is 6.19. The highest BCUT2D eigenvalue weighted by atomic mass is 35.5. The SMILES string of the molecule is Cl.Cl.NCCc1ccccc1. The van der Waals surface area contributed by atoms with Crippen molar-refractivity contribution in [3.63, 3.8) is 0 Å². The maximum Gasteiger partial charge on any atom is -0.00367 e. The number of hydrogen-bond acceptors (Lipinski definition) is 1. The van der Waals surface area contributed by atoms with Gasteiger partial charge in [-0.15, -0.1) is 24.8 Å². The third-order valence-electron chi connectivity index (χ3n) is 1.28. The van der Waals surface area contributed by atoms with E-state index in [0.29, 0.717) is 0 Å². The fourth-order valence-corrected chi connectivity index (χ4v) is 0.811. The fourth-order valence-electron chi connectivity index (χ4n) is 0.811. The van der Waals surface area contributed by atoms with Crippen LogP contribution in [0.4, 0.5) is 0 Å². The average Bonchev–Trinajstić information content (AvgIpc) is 1.91. The van der Waals surface area contributed by atoms with Crippen LogP contribution in [0, 0.1) is 0 Å². The summed E-state index contributed by atoms with van der Waals surface area (Å²) in [6.07, 6.45) is 0.987. The molecular weight excluding hydrogens is 181 g/mol. The zero-order valence-corrected chi connectivity index (χ0v) is 7.83. The maximum absolute atomic E-state index is 5.36. The molecule has 0 radical (unpaired) electrons. The van der Waals surface area contributed by atoms with Crippen LogP contribution in [0.2, 0.25) is 0 Å². The number of halogens is 2. The van der Waals surface area contributed by atoms with Gasteiger partial charge in [-0.3, -0.25) is 0 Å². The second kappa shape index (κ2) is 7.86.